The summed E-state index contributed by atoms with van der Waals surface area (Å²) < 4.78 is 23.6. The number of alkyl halides is 2. The molecular formula is C5H2F2NNaO2S. The van der Waals surface area contributed by atoms with E-state index in [2.05, 4.69) is 4.98 Å². The van der Waals surface area contributed by atoms with Crippen LogP contribution in [0.15, 0.2) is 6.20 Å². The number of hydrogen-bond acceptors (Lipinski definition) is 4. The number of rotatable bonds is 2. The molecule has 0 aliphatic carbocycles. The summed E-state index contributed by atoms with van der Waals surface area (Å²) in [6, 6.07) is 0. The van der Waals surface area contributed by atoms with E-state index in [1.807, 2.05) is 0 Å². The van der Waals surface area contributed by atoms with Crippen LogP contribution < -0.4 is 34.7 Å². The molecule has 12 heavy (non-hydrogen) atoms. The molecule has 0 aliphatic rings. The number of halogens is 2. The Morgan fingerprint density at radius 2 is 2.25 bits per heavy atom. The van der Waals surface area contributed by atoms with Gasteiger partial charge in [-0.2, -0.15) is 0 Å². The number of carbonyl (C=O) groups is 1. The van der Waals surface area contributed by atoms with E-state index < -0.39 is 17.4 Å². The molecule has 0 N–H and O–H groups in total. The topological polar surface area (TPSA) is 53.0 Å². The van der Waals surface area contributed by atoms with Crippen molar-refractivity contribution in [1.29, 1.82) is 0 Å². The van der Waals surface area contributed by atoms with E-state index in [9.17, 15) is 18.7 Å². The summed E-state index contributed by atoms with van der Waals surface area (Å²) in [7, 11) is 0. The maximum atomic E-state index is 11.8. The molecule has 1 aromatic rings. The summed E-state index contributed by atoms with van der Waals surface area (Å²) in [6.07, 6.45) is -1.83. The van der Waals surface area contributed by atoms with Crippen LogP contribution in [0.4, 0.5) is 8.78 Å². The summed E-state index contributed by atoms with van der Waals surface area (Å²) in [4.78, 5) is 12.9. The average Bonchev–Trinajstić information content (AvgIpc) is 2.33. The van der Waals surface area contributed by atoms with Crippen LogP contribution in [-0.4, -0.2) is 11.0 Å². The predicted molar refractivity (Wildman–Crippen MR) is 31.4 cm³/mol. The van der Waals surface area contributed by atoms with Gasteiger partial charge in [0.25, 0.3) is 6.43 Å². The van der Waals surface area contributed by atoms with Gasteiger partial charge in [0, 0.05) is 6.20 Å². The minimum atomic E-state index is -2.67. The molecule has 60 valence electrons. The Hall–Kier alpha value is -0.0400. The fourth-order valence-electron chi connectivity index (χ4n) is 0.482. The van der Waals surface area contributed by atoms with E-state index in [0.29, 0.717) is 11.3 Å². The molecule has 0 amide bonds. The number of hydrogen-bond donors (Lipinski definition) is 0. The molecular weight excluding hydrogens is 199 g/mol. The van der Waals surface area contributed by atoms with Gasteiger partial charge in [-0.25, -0.2) is 13.8 Å². The molecule has 0 fully saturated rings. The molecule has 0 bridgehead atoms. The van der Waals surface area contributed by atoms with Crippen molar-refractivity contribution in [3.05, 3.63) is 16.1 Å². The molecule has 0 aromatic carbocycles. The monoisotopic (exact) mass is 201 g/mol. The summed E-state index contributed by atoms with van der Waals surface area (Å²) in [5, 5.41) is 9.61. The van der Waals surface area contributed by atoms with Gasteiger partial charge in [-0.15, -0.1) is 11.3 Å². The van der Waals surface area contributed by atoms with Gasteiger partial charge >= 0.3 is 29.6 Å². The normalized spacial score (nSPS) is 9.58. The molecule has 1 heterocycles. The Bertz CT molecular complexity index is 278. The van der Waals surface area contributed by atoms with Gasteiger partial charge in [-0.05, 0) is 0 Å². The zero-order valence-electron chi connectivity index (χ0n) is 6.08. The van der Waals surface area contributed by atoms with E-state index >= 15 is 0 Å². The van der Waals surface area contributed by atoms with Crippen molar-refractivity contribution in [1.82, 2.24) is 4.98 Å². The number of carboxylic acids is 1. The molecule has 0 saturated heterocycles. The number of carboxylic acid groups (broad SMARTS) is 1. The SMILES string of the molecule is O=C([O-])c1ncc(C(F)F)s1.[Na+]. The summed E-state index contributed by atoms with van der Waals surface area (Å²) >= 11 is 0.426. The van der Waals surface area contributed by atoms with Crippen molar-refractivity contribution < 1.29 is 48.2 Å². The number of nitrogens with zero attached hydrogens (tertiary/aromatic N) is 1. The first-order valence-corrected chi connectivity index (χ1v) is 3.38. The van der Waals surface area contributed by atoms with Crippen LogP contribution in [0.2, 0.25) is 0 Å². The summed E-state index contributed by atoms with van der Waals surface area (Å²) in [5.74, 6) is -1.53. The Kier molecular flexibility index (Phi) is 4.84. The van der Waals surface area contributed by atoms with Crippen LogP contribution in [0.5, 0.6) is 0 Å². The van der Waals surface area contributed by atoms with Crippen molar-refractivity contribution in [2.75, 3.05) is 0 Å². The smallest absolute Gasteiger partial charge is 0.542 e. The molecule has 0 saturated carbocycles. The number of thiazole rings is 1. The Morgan fingerprint density at radius 1 is 1.67 bits per heavy atom. The maximum Gasteiger partial charge on any atom is 1.00 e. The number of aromatic carboxylic acids is 1. The van der Waals surface area contributed by atoms with Crippen molar-refractivity contribution in [3.8, 4) is 0 Å². The van der Waals surface area contributed by atoms with E-state index in [0.717, 1.165) is 6.20 Å². The van der Waals surface area contributed by atoms with E-state index in [4.69, 9.17) is 0 Å². The fourth-order valence-corrected chi connectivity index (χ4v) is 1.09. The maximum absolute atomic E-state index is 11.8. The van der Waals surface area contributed by atoms with E-state index in [-0.39, 0.29) is 34.4 Å². The van der Waals surface area contributed by atoms with Gasteiger partial charge in [0.1, 0.15) is 11.0 Å². The summed E-state index contributed by atoms with van der Waals surface area (Å²) in [6.45, 7) is 0. The summed E-state index contributed by atoms with van der Waals surface area (Å²) in [5.41, 5.74) is 0. The standard InChI is InChI=1S/C5H3F2NO2S.Na/c6-3(7)2-1-8-4(11-2)5(9)10;/h1,3H,(H,9,10);/q;+1/p-1. The molecule has 0 unspecified atom stereocenters. The van der Waals surface area contributed by atoms with E-state index in [1.54, 1.807) is 0 Å². The molecule has 7 heteroatoms. The largest absolute Gasteiger partial charge is 1.00 e. The van der Waals surface area contributed by atoms with Crippen LogP contribution in [-0.2, 0) is 0 Å². The van der Waals surface area contributed by atoms with Gasteiger partial charge in [0.15, 0.2) is 0 Å². The third-order valence-electron chi connectivity index (χ3n) is 0.913. The van der Waals surface area contributed by atoms with Crippen molar-refractivity contribution in [2.45, 2.75) is 6.43 Å². The minimum absolute atomic E-state index is 0. The number of aromatic nitrogens is 1. The predicted octanol–water partition coefficient (Wildman–Crippen LogP) is -2.55. The van der Waals surface area contributed by atoms with Gasteiger partial charge in [0.2, 0.25) is 0 Å². The van der Waals surface area contributed by atoms with Gasteiger partial charge in [-0.1, -0.05) is 0 Å². The fraction of sp³-hybridized carbons (Fsp3) is 0.200. The molecule has 3 nitrogen and oxygen atoms in total. The van der Waals surface area contributed by atoms with Crippen molar-refractivity contribution >= 4 is 17.3 Å². The van der Waals surface area contributed by atoms with Crippen LogP contribution in [0.1, 0.15) is 21.1 Å². The molecule has 0 spiro atoms. The van der Waals surface area contributed by atoms with Crippen LogP contribution >= 0.6 is 11.3 Å². The van der Waals surface area contributed by atoms with Crippen LogP contribution in [0.25, 0.3) is 0 Å². The average molecular weight is 201 g/mol. The molecule has 0 aliphatic heterocycles. The first kappa shape index (κ1) is 12.0. The molecule has 1 rings (SSSR count). The second kappa shape index (κ2) is 4.86. The van der Waals surface area contributed by atoms with Crippen LogP contribution in [0.3, 0.4) is 0 Å². The van der Waals surface area contributed by atoms with Gasteiger partial charge < -0.3 is 9.90 Å². The third-order valence-corrected chi connectivity index (χ3v) is 1.90. The minimum Gasteiger partial charge on any atom is -0.542 e. The van der Waals surface area contributed by atoms with Crippen molar-refractivity contribution in [2.24, 2.45) is 0 Å². The molecule has 1 aromatic heterocycles. The Morgan fingerprint density at radius 3 is 2.50 bits per heavy atom. The third kappa shape index (κ3) is 2.78. The number of carbonyl (C=O) groups excluding carboxylic acids is 1. The first-order valence-electron chi connectivity index (χ1n) is 2.56. The molecule has 0 radical (unpaired) electrons. The zero-order chi connectivity index (χ0) is 8.43. The Balaban J connectivity index is 0.00000121. The second-order valence-corrected chi connectivity index (χ2v) is 2.72. The van der Waals surface area contributed by atoms with Gasteiger partial charge in [-0.3, -0.25) is 0 Å². The van der Waals surface area contributed by atoms with E-state index in [1.165, 1.54) is 0 Å². The molecule has 0 atom stereocenters. The van der Waals surface area contributed by atoms with Gasteiger partial charge in [0.05, 0.1) is 4.88 Å². The zero-order valence-corrected chi connectivity index (χ0v) is 8.90. The quantitative estimate of drug-likeness (QED) is 0.495. The van der Waals surface area contributed by atoms with Crippen LogP contribution in [0, 0.1) is 0 Å². The van der Waals surface area contributed by atoms with Crippen molar-refractivity contribution in [3.63, 3.8) is 0 Å². The second-order valence-electron chi connectivity index (χ2n) is 1.66. The Labute approximate surface area is 92.7 Å². The first-order chi connectivity index (χ1) is 5.11.